The highest BCUT2D eigenvalue weighted by molar-refractivity contribution is 8.15. The van der Waals surface area contributed by atoms with Gasteiger partial charge in [-0.2, -0.15) is 0 Å². The topological polar surface area (TPSA) is 70.6 Å². The molecule has 1 saturated carbocycles. The molecule has 0 radical (unpaired) electrons. The highest BCUT2D eigenvalue weighted by Gasteiger charge is 2.32. The minimum Gasteiger partial charge on any atom is -0.326 e. The van der Waals surface area contributed by atoms with Crippen molar-refractivity contribution in [2.45, 2.75) is 43.4 Å². The maximum atomic E-state index is 13.1. The Morgan fingerprint density at radius 3 is 2.88 bits per heavy atom. The fourth-order valence-corrected chi connectivity index (χ4v) is 3.97. The van der Waals surface area contributed by atoms with E-state index < -0.39 is 11.1 Å². The number of rotatable bonds is 4. The first-order chi connectivity index (χ1) is 11.5. The zero-order chi connectivity index (χ0) is 17.1. The van der Waals surface area contributed by atoms with Crippen LogP contribution in [0.2, 0.25) is 5.02 Å². The molecule has 1 aliphatic heterocycles. The molecule has 2 amide bonds. The van der Waals surface area contributed by atoms with E-state index in [1.165, 1.54) is 42.8 Å². The number of amides is 2. The van der Waals surface area contributed by atoms with Crippen LogP contribution in [0.5, 0.6) is 0 Å². The van der Waals surface area contributed by atoms with Crippen molar-refractivity contribution < 1.29 is 14.0 Å². The zero-order valence-electron chi connectivity index (χ0n) is 12.9. The molecule has 1 heterocycles. The van der Waals surface area contributed by atoms with E-state index in [1.807, 2.05) is 0 Å². The summed E-state index contributed by atoms with van der Waals surface area (Å²) in [4.78, 5) is 28.6. The van der Waals surface area contributed by atoms with Crippen molar-refractivity contribution in [3.63, 3.8) is 0 Å². The van der Waals surface area contributed by atoms with Crippen molar-refractivity contribution in [2.75, 3.05) is 5.32 Å². The summed E-state index contributed by atoms with van der Waals surface area (Å²) in [5, 5.41) is 5.41. The van der Waals surface area contributed by atoms with Crippen molar-refractivity contribution >= 4 is 46.0 Å². The Hall–Kier alpha value is -1.60. The van der Waals surface area contributed by atoms with Crippen LogP contribution in [0.25, 0.3) is 0 Å². The summed E-state index contributed by atoms with van der Waals surface area (Å²) in [7, 11) is 0. The maximum absolute atomic E-state index is 13.1. The Kier molecular flexibility index (Phi) is 5.40. The third kappa shape index (κ3) is 4.27. The van der Waals surface area contributed by atoms with E-state index >= 15 is 0 Å². The Balaban J connectivity index is 1.56. The van der Waals surface area contributed by atoms with E-state index in [0.717, 1.165) is 12.8 Å². The second kappa shape index (κ2) is 7.53. The number of aliphatic imine (C=N–C) groups is 1. The van der Waals surface area contributed by atoms with Gasteiger partial charge in [0.2, 0.25) is 11.8 Å². The molecule has 0 unspecified atom stereocenters. The van der Waals surface area contributed by atoms with Gasteiger partial charge in [-0.3, -0.25) is 14.6 Å². The van der Waals surface area contributed by atoms with E-state index in [2.05, 4.69) is 15.6 Å². The van der Waals surface area contributed by atoms with E-state index in [4.69, 9.17) is 11.6 Å². The molecule has 2 aliphatic rings. The first kappa shape index (κ1) is 17.2. The summed E-state index contributed by atoms with van der Waals surface area (Å²) < 4.78 is 13.1. The van der Waals surface area contributed by atoms with Gasteiger partial charge >= 0.3 is 0 Å². The molecule has 24 heavy (non-hydrogen) atoms. The molecule has 1 atom stereocenters. The van der Waals surface area contributed by atoms with Crippen molar-refractivity contribution in [3.8, 4) is 0 Å². The molecule has 0 aromatic heterocycles. The lowest BCUT2D eigenvalue weighted by molar-refractivity contribution is -0.122. The third-order valence-corrected chi connectivity index (χ3v) is 5.36. The van der Waals surface area contributed by atoms with Gasteiger partial charge in [0.1, 0.15) is 11.1 Å². The van der Waals surface area contributed by atoms with Crippen molar-refractivity contribution in [1.82, 2.24) is 5.32 Å². The van der Waals surface area contributed by atoms with Gasteiger partial charge in [0.15, 0.2) is 5.17 Å². The monoisotopic (exact) mass is 369 g/mol. The van der Waals surface area contributed by atoms with Gasteiger partial charge in [0.05, 0.1) is 11.1 Å². The standard InChI is InChI=1S/C16H17ClFN3O2S/c17-11-7-10(5-6-12(11)18)19-14(22)8-13-15(23)21-16(24-13)20-9-3-1-2-4-9/h5-7,9,13H,1-4,8H2,(H,19,22)(H,20,21,23)/t13-/m0/s1. The van der Waals surface area contributed by atoms with Gasteiger partial charge in [-0.05, 0) is 31.0 Å². The Morgan fingerprint density at radius 1 is 1.42 bits per heavy atom. The molecule has 128 valence electrons. The molecule has 1 aromatic carbocycles. The molecule has 0 spiro atoms. The van der Waals surface area contributed by atoms with Crippen LogP contribution in [0.4, 0.5) is 10.1 Å². The molecular weight excluding hydrogens is 353 g/mol. The predicted octanol–water partition coefficient (Wildman–Crippen LogP) is 3.34. The fourth-order valence-electron chi connectivity index (χ4n) is 2.75. The Bertz CT molecular complexity index is 692. The molecule has 1 aliphatic carbocycles. The number of amidine groups is 1. The lowest BCUT2D eigenvalue weighted by atomic mass is 10.2. The van der Waals surface area contributed by atoms with Crippen LogP contribution in [0.3, 0.4) is 0 Å². The molecule has 3 rings (SSSR count). The van der Waals surface area contributed by atoms with E-state index in [0.29, 0.717) is 10.9 Å². The maximum Gasteiger partial charge on any atom is 0.240 e. The minimum absolute atomic E-state index is 0.0230. The van der Waals surface area contributed by atoms with Gasteiger partial charge in [-0.25, -0.2) is 4.39 Å². The van der Waals surface area contributed by atoms with Gasteiger partial charge in [0.25, 0.3) is 0 Å². The number of nitrogens with one attached hydrogen (secondary N) is 2. The first-order valence-corrected chi connectivity index (χ1v) is 9.07. The second-order valence-electron chi connectivity index (χ2n) is 5.85. The molecule has 0 bridgehead atoms. The molecule has 2 N–H and O–H groups in total. The Morgan fingerprint density at radius 2 is 2.17 bits per heavy atom. The van der Waals surface area contributed by atoms with Crippen LogP contribution in [0, 0.1) is 5.82 Å². The molecule has 8 heteroatoms. The number of hydrogen-bond donors (Lipinski definition) is 2. The SMILES string of the molecule is O=C(C[C@@H]1SC(=NC2CCCC2)NC1=O)Nc1ccc(F)c(Cl)c1. The molecule has 2 fully saturated rings. The predicted molar refractivity (Wildman–Crippen MR) is 93.9 cm³/mol. The number of carbonyl (C=O) groups is 2. The highest BCUT2D eigenvalue weighted by atomic mass is 35.5. The number of anilines is 1. The van der Waals surface area contributed by atoms with Crippen LogP contribution in [0.15, 0.2) is 23.2 Å². The number of nitrogens with zero attached hydrogens (tertiary/aromatic N) is 1. The van der Waals surface area contributed by atoms with Crippen molar-refractivity contribution in [3.05, 3.63) is 29.0 Å². The average Bonchev–Trinajstić information content (AvgIpc) is 3.14. The van der Waals surface area contributed by atoms with Crippen LogP contribution >= 0.6 is 23.4 Å². The van der Waals surface area contributed by atoms with E-state index in [-0.39, 0.29) is 29.3 Å². The van der Waals surface area contributed by atoms with Crippen LogP contribution in [-0.4, -0.2) is 28.3 Å². The highest BCUT2D eigenvalue weighted by Crippen LogP contribution is 2.27. The van der Waals surface area contributed by atoms with E-state index in [9.17, 15) is 14.0 Å². The number of benzene rings is 1. The summed E-state index contributed by atoms with van der Waals surface area (Å²) in [5.74, 6) is -1.08. The lowest BCUT2D eigenvalue weighted by Gasteiger charge is -2.08. The molecule has 5 nitrogen and oxygen atoms in total. The van der Waals surface area contributed by atoms with Crippen LogP contribution < -0.4 is 10.6 Å². The molecule has 1 saturated heterocycles. The normalized spacial score (nSPS) is 22.8. The third-order valence-electron chi connectivity index (χ3n) is 3.98. The quantitative estimate of drug-likeness (QED) is 0.855. The summed E-state index contributed by atoms with van der Waals surface area (Å²) in [6.45, 7) is 0. The largest absolute Gasteiger partial charge is 0.326 e. The first-order valence-electron chi connectivity index (χ1n) is 7.81. The summed E-state index contributed by atoms with van der Waals surface area (Å²) in [6.07, 6.45) is 4.47. The summed E-state index contributed by atoms with van der Waals surface area (Å²) >= 11 is 6.97. The summed E-state index contributed by atoms with van der Waals surface area (Å²) in [5.41, 5.74) is 0.398. The van der Waals surface area contributed by atoms with Gasteiger partial charge in [-0.15, -0.1) is 0 Å². The number of carbonyl (C=O) groups excluding carboxylic acids is 2. The molecular formula is C16H17ClFN3O2S. The summed E-state index contributed by atoms with van der Waals surface area (Å²) in [6, 6.07) is 4.22. The van der Waals surface area contributed by atoms with Crippen molar-refractivity contribution in [1.29, 1.82) is 0 Å². The van der Waals surface area contributed by atoms with Crippen molar-refractivity contribution in [2.24, 2.45) is 4.99 Å². The second-order valence-corrected chi connectivity index (χ2v) is 7.45. The lowest BCUT2D eigenvalue weighted by Crippen LogP contribution is -2.28. The molecule has 1 aromatic rings. The fraction of sp³-hybridized carbons (Fsp3) is 0.438. The number of hydrogen-bond acceptors (Lipinski definition) is 4. The zero-order valence-corrected chi connectivity index (χ0v) is 14.4. The minimum atomic E-state index is -0.548. The van der Waals surface area contributed by atoms with Gasteiger partial charge < -0.3 is 10.6 Å². The van der Waals surface area contributed by atoms with Crippen LogP contribution in [-0.2, 0) is 9.59 Å². The van der Waals surface area contributed by atoms with Crippen LogP contribution in [0.1, 0.15) is 32.1 Å². The number of halogens is 2. The Labute approximate surface area is 148 Å². The smallest absolute Gasteiger partial charge is 0.240 e. The number of thioether (sulfide) groups is 1. The average molecular weight is 370 g/mol. The van der Waals surface area contributed by atoms with Gasteiger partial charge in [-0.1, -0.05) is 36.2 Å². The van der Waals surface area contributed by atoms with Gasteiger partial charge in [0, 0.05) is 12.1 Å². The van der Waals surface area contributed by atoms with E-state index in [1.54, 1.807) is 0 Å².